The molecule has 1 aliphatic rings. The third-order valence-electron chi connectivity index (χ3n) is 3.20. The van der Waals surface area contributed by atoms with E-state index in [1.54, 1.807) is 24.4 Å². The molecule has 0 radical (unpaired) electrons. The fourth-order valence-corrected chi connectivity index (χ4v) is 3.08. The Morgan fingerprint density at radius 2 is 1.91 bits per heavy atom. The molecule has 7 heteroatoms. The van der Waals surface area contributed by atoms with Gasteiger partial charge in [0.1, 0.15) is 0 Å². The van der Waals surface area contributed by atoms with Gasteiger partial charge in [-0.25, -0.2) is 13.1 Å². The maximum Gasteiger partial charge on any atom is 0.241 e. The van der Waals surface area contributed by atoms with E-state index in [9.17, 15) is 8.42 Å². The summed E-state index contributed by atoms with van der Waals surface area (Å²) in [5, 5.41) is 0. The van der Waals surface area contributed by atoms with Gasteiger partial charge in [-0.1, -0.05) is 6.07 Å². The van der Waals surface area contributed by atoms with Gasteiger partial charge >= 0.3 is 0 Å². The minimum atomic E-state index is -3.63. The van der Waals surface area contributed by atoms with Gasteiger partial charge in [0, 0.05) is 18.7 Å². The second-order valence-electron chi connectivity index (χ2n) is 4.80. The number of rotatable bonds is 4. The van der Waals surface area contributed by atoms with Crippen LogP contribution >= 0.6 is 0 Å². The summed E-state index contributed by atoms with van der Waals surface area (Å²) in [5.41, 5.74) is 0.653. The SMILES string of the molecule is O=S(=O)(NCc1ccccn1)c1ccc2c(c1)OCCCO2. The number of sulfonamides is 1. The molecular weight excluding hydrogens is 304 g/mol. The second kappa shape index (κ2) is 6.33. The molecule has 2 aromatic rings. The van der Waals surface area contributed by atoms with Gasteiger partial charge in [0.05, 0.1) is 30.3 Å². The third kappa shape index (κ3) is 3.37. The van der Waals surface area contributed by atoms with Crippen LogP contribution in [0, 0.1) is 0 Å². The molecule has 3 rings (SSSR count). The molecule has 0 aliphatic carbocycles. The Labute approximate surface area is 129 Å². The first-order chi connectivity index (χ1) is 10.6. The van der Waals surface area contributed by atoms with E-state index in [0.29, 0.717) is 30.4 Å². The van der Waals surface area contributed by atoms with Gasteiger partial charge in [-0.15, -0.1) is 0 Å². The van der Waals surface area contributed by atoms with Gasteiger partial charge in [0.25, 0.3) is 0 Å². The summed E-state index contributed by atoms with van der Waals surface area (Å²) in [4.78, 5) is 4.23. The van der Waals surface area contributed by atoms with Crippen LogP contribution in [0.15, 0.2) is 47.5 Å². The van der Waals surface area contributed by atoms with Gasteiger partial charge in [-0.05, 0) is 24.3 Å². The maximum atomic E-state index is 12.3. The van der Waals surface area contributed by atoms with Crippen molar-refractivity contribution in [2.24, 2.45) is 0 Å². The number of fused-ring (bicyclic) bond motifs is 1. The first kappa shape index (κ1) is 14.8. The summed E-state index contributed by atoms with van der Waals surface area (Å²) in [6.45, 7) is 1.21. The van der Waals surface area contributed by atoms with E-state index in [4.69, 9.17) is 9.47 Å². The molecule has 116 valence electrons. The average Bonchev–Trinajstić information content (AvgIpc) is 2.78. The zero-order valence-electron chi connectivity index (χ0n) is 11.9. The van der Waals surface area contributed by atoms with Crippen LogP contribution in [0.4, 0.5) is 0 Å². The first-order valence-electron chi connectivity index (χ1n) is 6.94. The average molecular weight is 320 g/mol. The molecule has 6 nitrogen and oxygen atoms in total. The minimum Gasteiger partial charge on any atom is -0.490 e. The van der Waals surface area contributed by atoms with Crippen molar-refractivity contribution in [3.8, 4) is 11.5 Å². The molecule has 0 bridgehead atoms. The predicted molar refractivity (Wildman–Crippen MR) is 80.3 cm³/mol. The third-order valence-corrected chi connectivity index (χ3v) is 4.60. The fourth-order valence-electron chi connectivity index (χ4n) is 2.07. The number of hydrogen-bond acceptors (Lipinski definition) is 5. The van der Waals surface area contributed by atoms with Crippen molar-refractivity contribution in [2.45, 2.75) is 17.9 Å². The normalized spacial score (nSPS) is 14.4. The number of benzene rings is 1. The Bertz CT molecular complexity index is 747. The van der Waals surface area contributed by atoms with Gasteiger partial charge < -0.3 is 9.47 Å². The zero-order chi connectivity index (χ0) is 15.4. The van der Waals surface area contributed by atoms with E-state index < -0.39 is 10.0 Å². The summed E-state index contributed by atoms with van der Waals surface area (Å²) < 4.78 is 38.2. The van der Waals surface area contributed by atoms with Gasteiger partial charge in [0.2, 0.25) is 10.0 Å². The minimum absolute atomic E-state index is 0.137. The quantitative estimate of drug-likeness (QED) is 0.928. The van der Waals surface area contributed by atoms with Crippen LogP contribution in [0.3, 0.4) is 0 Å². The second-order valence-corrected chi connectivity index (χ2v) is 6.57. The summed E-state index contributed by atoms with van der Waals surface area (Å²) in [6.07, 6.45) is 2.39. The lowest BCUT2D eigenvalue weighted by atomic mass is 10.3. The van der Waals surface area contributed by atoms with E-state index in [1.807, 2.05) is 6.07 Å². The Morgan fingerprint density at radius 3 is 2.68 bits per heavy atom. The van der Waals surface area contributed by atoms with Crippen LogP contribution in [0.1, 0.15) is 12.1 Å². The van der Waals surface area contributed by atoms with E-state index in [1.165, 1.54) is 12.1 Å². The highest BCUT2D eigenvalue weighted by Gasteiger charge is 2.18. The van der Waals surface area contributed by atoms with Crippen LogP contribution in [0.2, 0.25) is 0 Å². The van der Waals surface area contributed by atoms with Crippen molar-refractivity contribution >= 4 is 10.0 Å². The van der Waals surface area contributed by atoms with E-state index in [2.05, 4.69) is 9.71 Å². The van der Waals surface area contributed by atoms with Crippen molar-refractivity contribution in [3.05, 3.63) is 48.3 Å². The van der Waals surface area contributed by atoms with Crippen molar-refractivity contribution in [3.63, 3.8) is 0 Å². The molecule has 0 saturated carbocycles. The number of pyridine rings is 1. The molecule has 2 heterocycles. The van der Waals surface area contributed by atoms with E-state index in [0.717, 1.165) is 6.42 Å². The molecule has 1 N–H and O–H groups in total. The van der Waals surface area contributed by atoms with Gasteiger partial charge in [-0.2, -0.15) is 0 Å². The van der Waals surface area contributed by atoms with Gasteiger partial charge in [0.15, 0.2) is 11.5 Å². The van der Waals surface area contributed by atoms with Crippen molar-refractivity contribution < 1.29 is 17.9 Å². The van der Waals surface area contributed by atoms with Crippen LogP contribution < -0.4 is 14.2 Å². The molecule has 0 spiro atoms. The standard InChI is InChI=1S/C15H16N2O4S/c18-22(19,17-11-12-4-1-2-7-16-12)13-5-6-14-15(10-13)21-9-3-8-20-14/h1-2,4-7,10,17H,3,8-9,11H2. The lowest BCUT2D eigenvalue weighted by Gasteiger charge is -2.10. The number of aromatic nitrogens is 1. The van der Waals surface area contributed by atoms with Crippen LogP contribution in [-0.4, -0.2) is 26.6 Å². The molecule has 1 aliphatic heterocycles. The molecule has 22 heavy (non-hydrogen) atoms. The molecule has 0 fully saturated rings. The largest absolute Gasteiger partial charge is 0.490 e. The predicted octanol–water partition coefficient (Wildman–Crippen LogP) is 1.72. The monoisotopic (exact) mass is 320 g/mol. The molecular formula is C15H16N2O4S. The number of nitrogens with one attached hydrogen (secondary N) is 1. The highest BCUT2D eigenvalue weighted by Crippen LogP contribution is 2.31. The van der Waals surface area contributed by atoms with Crippen molar-refractivity contribution in [2.75, 3.05) is 13.2 Å². The molecule has 1 aromatic carbocycles. The fraction of sp³-hybridized carbons (Fsp3) is 0.267. The van der Waals surface area contributed by atoms with Crippen molar-refractivity contribution in [1.82, 2.24) is 9.71 Å². The Balaban J connectivity index is 1.78. The lowest BCUT2D eigenvalue weighted by Crippen LogP contribution is -2.23. The number of ether oxygens (including phenoxy) is 2. The summed E-state index contributed by atoms with van der Waals surface area (Å²) in [5.74, 6) is 1.03. The Morgan fingerprint density at radius 1 is 1.09 bits per heavy atom. The number of hydrogen-bond donors (Lipinski definition) is 1. The van der Waals surface area contributed by atoms with Crippen LogP contribution in [0.5, 0.6) is 11.5 Å². The topological polar surface area (TPSA) is 77.5 Å². The smallest absolute Gasteiger partial charge is 0.241 e. The Hall–Kier alpha value is -2.12. The molecule has 0 amide bonds. The highest BCUT2D eigenvalue weighted by molar-refractivity contribution is 7.89. The summed E-state index contributed by atoms with van der Waals surface area (Å²) in [6, 6.07) is 9.97. The Kier molecular flexibility index (Phi) is 4.26. The summed E-state index contributed by atoms with van der Waals surface area (Å²) >= 11 is 0. The van der Waals surface area contributed by atoms with Crippen molar-refractivity contribution in [1.29, 1.82) is 0 Å². The number of nitrogens with zero attached hydrogens (tertiary/aromatic N) is 1. The maximum absolute atomic E-state index is 12.3. The molecule has 0 unspecified atom stereocenters. The molecule has 0 saturated heterocycles. The van der Waals surface area contributed by atoms with E-state index in [-0.39, 0.29) is 11.4 Å². The highest BCUT2D eigenvalue weighted by atomic mass is 32.2. The molecule has 1 aromatic heterocycles. The first-order valence-corrected chi connectivity index (χ1v) is 8.43. The summed E-state index contributed by atoms with van der Waals surface area (Å²) in [7, 11) is -3.63. The molecule has 0 atom stereocenters. The van der Waals surface area contributed by atoms with Crippen LogP contribution in [0.25, 0.3) is 0 Å². The van der Waals surface area contributed by atoms with E-state index >= 15 is 0 Å². The van der Waals surface area contributed by atoms with Crippen LogP contribution in [-0.2, 0) is 16.6 Å². The van der Waals surface area contributed by atoms with Gasteiger partial charge in [-0.3, -0.25) is 4.98 Å². The lowest BCUT2D eigenvalue weighted by molar-refractivity contribution is 0.297. The zero-order valence-corrected chi connectivity index (χ0v) is 12.7.